The van der Waals surface area contributed by atoms with Crippen molar-refractivity contribution in [1.29, 1.82) is 0 Å². The highest BCUT2D eigenvalue weighted by atomic mass is 32.2. The number of aromatic nitrogens is 2. The molecule has 0 aliphatic carbocycles. The van der Waals surface area contributed by atoms with E-state index in [1.54, 1.807) is 22.4 Å². The van der Waals surface area contributed by atoms with Crippen LogP contribution in [0.5, 0.6) is 0 Å². The highest BCUT2D eigenvalue weighted by Crippen LogP contribution is 2.27. The summed E-state index contributed by atoms with van der Waals surface area (Å²) in [6, 6.07) is 22.0. The van der Waals surface area contributed by atoms with Crippen molar-refractivity contribution in [2.75, 3.05) is 6.61 Å². The highest BCUT2D eigenvalue weighted by Gasteiger charge is 2.12. The Kier molecular flexibility index (Phi) is 5.23. The van der Waals surface area contributed by atoms with Crippen molar-refractivity contribution in [1.82, 2.24) is 9.55 Å². The summed E-state index contributed by atoms with van der Waals surface area (Å²) >= 11 is 1.56. The summed E-state index contributed by atoms with van der Waals surface area (Å²) in [6.07, 6.45) is 0.530. The Morgan fingerprint density at radius 1 is 0.926 bits per heavy atom. The van der Waals surface area contributed by atoms with Crippen LogP contribution in [0.1, 0.15) is 12.0 Å². The van der Waals surface area contributed by atoms with Gasteiger partial charge in [-0.1, -0.05) is 66.4 Å². The molecule has 0 saturated heterocycles. The van der Waals surface area contributed by atoms with Crippen LogP contribution in [0.25, 0.3) is 21.7 Å². The molecule has 0 aliphatic rings. The van der Waals surface area contributed by atoms with Crippen molar-refractivity contribution in [3.63, 3.8) is 0 Å². The summed E-state index contributed by atoms with van der Waals surface area (Å²) in [4.78, 5) is 17.6. The van der Waals surface area contributed by atoms with Crippen LogP contribution in [0.4, 0.5) is 0 Å². The molecule has 1 heterocycles. The van der Waals surface area contributed by atoms with E-state index in [1.807, 2.05) is 30.3 Å². The Hall–Kier alpha value is -2.63. The molecule has 1 N–H and O–H groups in total. The predicted molar refractivity (Wildman–Crippen MR) is 111 cm³/mol. The second-order valence-corrected chi connectivity index (χ2v) is 7.31. The number of rotatable bonds is 6. The third-order valence-electron chi connectivity index (χ3n) is 4.60. The van der Waals surface area contributed by atoms with Crippen LogP contribution in [0.2, 0.25) is 0 Å². The van der Waals surface area contributed by atoms with E-state index < -0.39 is 0 Å². The number of hydrogen-bond donors (Lipinski definition) is 1. The number of aliphatic hydroxyl groups excluding tert-OH is 1. The number of hydrogen-bond acceptors (Lipinski definition) is 4. The van der Waals surface area contributed by atoms with Gasteiger partial charge in [0.25, 0.3) is 5.56 Å². The fraction of sp³-hybridized carbons (Fsp3) is 0.182. The summed E-state index contributed by atoms with van der Waals surface area (Å²) in [5.74, 6) is 0.727. The number of fused-ring (bicyclic) bond motifs is 2. The first kappa shape index (κ1) is 17.8. The molecular formula is C22H20N2O2S. The van der Waals surface area contributed by atoms with Gasteiger partial charge in [-0.15, -0.1) is 0 Å². The van der Waals surface area contributed by atoms with Crippen molar-refractivity contribution < 1.29 is 5.11 Å². The molecule has 0 spiro atoms. The second-order valence-electron chi connectivity index (χ2n) is 6.37. The van der Waals surface area contributed by atoms with Crippen molar-refractivity contribution in [2.24, 2.45) is 0 Å². The van der Waals surface area contributed by atoms with Crippen LogP contribution < -0.4 is 5.56 Å². The minimum absolute atomic E-state index is 0.0468. The molecule has 0 unspecified atom stereocenters. The first-order chi connectivity index (χ1) is 13.3. The molecule has 0 atom stereocenters. The zero-order valence-electron chi connectivity index (χ0n) is 14.8. The lowest BCUT2D eigenvalue weighted by Gasteiger charge is -2.13. The standard InChI is InChI=1S/C22H20N2O2S/c25-14-6-13-24-21(26)19-11-3-4-12-20(19)23-22(24)27-15-17-9-5-8-16-7-1-2-10-18(16)17/h1-5,7-12,25H,6,13-15H2. The molecule has 0 aliphatic heterocycles. The van der Waals surface area contributed by atoms with Gasteiger partial charge in [-0.05, 0) is 34.9 Å². The average molecular weight is 376 g/mol. The lowest BCUT2D eigenvalue weighted by atomic mass is 10.1. The minimum Gasteiger partial charge on any atom is -0.396 e. The Balaban J connectivity index is 1.73. The van der Waals surface area contributed by atoms with Gasteiger partial charge in [-0.2, -0.15) is 0 Å². The molecule has 0 bridgehead atoms. The van der Waals surface area contributed by atoms with Crippen molar-refractivity contribution >= 4 is 33.4 Å². The van der Waals surface area contributed by atoms with Gasteiger partial charge >= 0.3 is 0 Å². The molecule has 3 aromatic carbocycles. The largest absolute Gasteiger partial charge is 0.396 e. The lowest BCUT2D eigenvalue weighted by Crippen LogP contribution is -2.24. The molecular weight excluding hydrogens is 356 g/mol. The number of aliphatic hydroxyl groups is 1. The lowest BCUT2D eigenvalue weighted by molar-refractivity contribution is 0.276. The van der Waals surface area contributed by atoms with Gasteiger partial charge in [0.15, 0.2) is 5.16 Å². The molecule has 1 aromatic heterocycles. The third kappa shape index (κ3) is 3.61. The van der Waals surface area contributed by atoms with Gasteiger partial charge in [0.1, 0.15) is 0 Å². The Bertz CT molecular complexity index is 1150. The Morgan fingerprint density at radius 2 is 1.67 bits per heavy atom. The van der Waals surface area contributed by atoms with Gasteiger partial charge in [0.2, 0.25) is 0 Å². The topological polar surface area (TPSA) is 55.1 Å². The number of nitrogens with zero attached hydrogens (tertiary/aromatic N) is 2. The first-order valence-corrected chi connectivity index (χ1v) is 9.96. The van der Waals surface area contributed by atoms with E-state index in [9.17, 15) is 9.90 Å². The zero-order chi connectivity index (χ0) is 18.6. The van der Waals surface area contributed by atoms with Gasteiger partial charge in [0.05, 0.1) is 10.9 Å². The van der Waals surface area contributed by atoms with E-state index in [0.29, 0.717) is 29.0 Å². The van der Waals surface area contributed by atoms with Crippen molar-refractivity contribution in [3.05, 3.63) is 82.6 Å². The predicted octanol–water partition coefficient (Wildman–Crippen LogP) is 4.22. The van der Waals surface area contributed by atoms with Crippen LogP contribution >= 0.6 is 11.8 Å². The second kappa shape index (κ2) is 7.94. The maximum atomic E-state index is 12.9. The summed E-state index contributed by atoms with van der Waals surface area (Å²) in [7, 11) is 0. The highest BCUT2D eigenvalue weighted by molar-refractivity contribution is 7.98. The fourth-order valence-corrected chi connectivity index (χ4v) is 4.27. The number of benzene rings is 3. The molecule has 4 aromatic rings. The minimum atomic E-state index is -0.0468. The van der Waals surface area contributed by atoms with Gasteiger partial charge in [-0.3, -0.25) is 9.36 Å². The summed E-state index contributed by atoms with van der Waals surface area (Å²) in [5, 5.41) is 12.9. The van der Waals surface area contributed by atoms with Gasteiger partial charge < -0.3 is 5.11 Å². The van der Waals surface area contributed by atoms with Crippen LogP contribution in [0.15, 0.2) is 76.7 Å². The van der Waals surface area contributed by atoms with E-state index in [2.05, 4.69) is 30.3 Å². The molecule has 0 fully saturated rings. The molecule has 27 heavy (non-hydrogen) atoms. The molecule has 5 heteroatoms. The summed E-state index contributed by atoms with van der Waals surface area (Å²) in [6.45, 7) is 0.512. The normalized spacial score (nSPS) is 11.3. The van der Waals surface area contributed by atoms with Gasteiger partial charge in [-0.25, -0.2) is 4.98 Å². The van der Waals surface area contributed by atoms with Gasteiger partial charge in [0, 0.05) is 18.9 Å². The van der Waals surface area contributed by atoms with E-state index in [4.69, 9.17) is 4.98 Å². The number of thioether (sulfide) groups is 1. The molecule has 0 saturated carbocycles. The van der Waals surface area contributed by atoms with Crippen LogP contribution in [0, 0.1) is 0 Å². The van der Waals surface area contributed by atoms with Crippen LogP contribution in [0.3, 0.4) is 0 Å². The Labute approximate surface area is 161 Å². The van der Waals surface area contributed by atoms with Crippen LogP contribution in [-0.4, -0.2) is 21.3 Å². The quantitative estimate of drug-likeness (QED) is 0.404. The third-order valence-corrected chi connectivity index (χ3v) is 5.63. The maximum Gasteiger partial charge on any atom is 0.262 e. The zero-order valence-corrected chi connectivity index (χ0v) is 15.7. The van der Waals surface area contributed by atoms with Crippen molar-refractivity contribution in [2.45, 2.75) is 23.9 Å². The average Bonchev–Trinajstić information content (AvgIpc) is 2.72. The molecule has 0 radical (unpaired) electrons. The SMILES string of the molecule is O=c1c2ccccc2nc(SCc2cccc3ccccc23)n1CCCO. The molecule has 4 rings (SSSR count). The van der Waals surface area contributed by atoms with E-state index in [-0.39, 0.29) is 12.2 Å². The molecule has 136 valence electrons. The first-order valence-electron chi connectivity index (χ1n) is 8.98. The van der Waals surface area contributed by atoms with Crippen LogP contribution in [-0.2, 0) is 12.3 Å². The van der Waals surface area contributed by atoms with Crippen molar-refractivity contribution in [3.8, 4) is 0 Å². The van der Waals surface area contributed by atoms with E-state index in [1.165, 1.54) is 16.3 Å². The molecule has 0 amide bonds. The smallest absolute Gasteiger partial charge is 0.262 e. The molecule has 4 nitrogen and oxygen atoms in total. The van der Waals surface area contributed by atoms with E-state index in [0.717, 1.165) is 5.75 Å². The fourth-order valence-electron chi connectivity index (χ4n) is 3.24. The number of para-hydroxylation sites is 1. The summed E-state index contributed by atoms with van der Waals surface area (Å²) < 4.78 is 1.69. The summed E-state index contributed by atoms with van der Waals surface area (Å²) in [5.41, 5.74) is 1.88. The monoisotopic (exact) mass is 376 g/mol. The maximum absolute atomic E-state index is 12.9. The Morgan fingerprint density at radius 3 is 2.52 bits per heavy atom. The van der Waals surface area contributed by atoms with E-state index >= 15 is 0 Å².